The van der Waals surface area contributed by atoms with Crippen molar-refractivity contribution in [1.29, 1.82) is 0 Å². The highest BCUT2D eigenvalue weighted by Gasteiger charge is 2.28. The number of amides is 1. The molecule has 0 aliphatic heterocycles. The van der Waals surface area contributed by atoms with E-state index in [-0.39, 0.29) is 6.04 Å². The van der Waals surface area contributed by atoms with Gasteiger partial charge in [-0.1, -0.05) is 18.2 Å². The van der Waals surface area contributed by atoms with Crippen molar-refractivity contribution in [2.24, 2.45) is 0 Å². The number of nitrogens with zero attached hydrogens (tertiary/aromatic N) is 1. The Balaban J connectivity index is 3.13. The van der Waals surface area contributed by atoms with Crippen LogP contribution in [0.15, 0.2) is 24.3 Å². The molecule has 0 unspecified atom stereocenters. The fourth-order valence-electron chi connectivity index (χ4n) is 2.13. The van der Waals surface area contributed by atoms with Crippen LogP contribution >= 0.6 is 0 Å². The largest absolute Gasteiger partial charge is 0.465 e. The van der Waals surface area contributed by atoms with Crippen LogP contribution < -0.4 is 0 Å². The number of rotatable bonds is 6. The zero-order valence-corrected chi connectivity index (χ0v) is 11.5. The number of halogens is 1. The van der Waals surface area contributed by atoms with Crippen LogP contribution in [0.5, 0.6) is 0 Å². The summed E-state index contributed by atoms with van der Waals surface area (Å²) in [5.41, 5.74) is 0.385. The van der Waals surface area contributed by atoms with E-state index < -0.39 is 18.0 Å². The lowest BCUT2D eigenvalue weighted by Crippen LogP contribution is -2.40. The summed E-state index contributed by atoms with van der Waals surface area (Å²) in [6.45, 7) is 3.92. The van der Waals surface area contributed by atoms with Crippen LogP contribution in [-0.4, -0.2) is 35.9 Å². The van der Waals surface area contributed by atoms with Crippen LogP contribution in [0.4, 0.5) is 9.18 Å². The van der Waals surface area contributed by atoms with E-state index in [0.717, 1.165) is 0 Å². The van der Waals surface area contributed by atoms with E-state index in [1.54, 1.807) is 39.2 Å². The summed E-state index contributed by atoms with van der Waals surface area (Å²) in [5.74, 6) is -0.393. The molecule has 19 heavy (non-hydrogen) atoms. The van der Waals surface area contributed by atoms with Crippen molar-refractivity contribution in [3.8, 4) is 0 Å². The molecule has 106 valence electrons. The van der Waals surface area contributed by atoms with Gasteiger partial charge in [-0.3, -0.25) is 4.90 Å². The van der Waals surface area contributed by atoms with Crippen molar-refractivity contribution in [3.05, 3.63) is 35.6 Å². The molecule has 0 heterocycles. The molecule has 0 aliphatic carbocycles. The Kier molecular flexibility index (Phi) is 5.76. The van der Waals surface area contributed by atoms with Crippen LogP contribution in [0, 0.1) is 5.82 Å². The maximum atomic E-state index is 13.9. The molecule has 4 nitrogen and oxygen atoms in total. The fourth-order valence-corrected chi connectivity index (χ4v) is 2.13. The highest BCUT2D eigenvalue weighted by atomic mass is 19.1. The molecule has 0 bridgehead atoms. The average Bonchev–Trinajstić information content (AvgIpc) is 2.34. The van der Waals surface area contributed by atoms with E-state index in [9.17, 15) is 14.3 Å². The van der Waals surface area contributed by atoms with Gasteiger partial charge in [0.15, 0.2) is 0 Å². The molecule has 0 radical (unpaired) electrons. The summed E-state index contributed by atoms with van der Waals surface area (Å²) >= 11 is 0. The smallest absolute Gasteiger partial charge is 0.408 e. The summed E-state index contributed by atoms with van der Waals surface area (Å²) in [7, 11) is 1.54. The van der Waals surface area contributed by atoms with Crippen molar-refractivity contribution in [2.75, 3.05) is 13.7 Å². The molecule has 0 aliphatic rings. The van der Waals surface area contributed by atoms with E-state index in [2.05, 4.69) is 0 Å². The van der Waals surface area contributed by atoms with Gasteiger partial charge in [0.2, 0.25) is 0 Å². The van der Waals surface area contributed by atoms with Crippen molar-refractivity contribution in [3.63, 3.8) is 0 Å². The lowest BCUT2D eigenvalue weighted by molar-refractivity contribution is 0.0877. The second-order valence-electron chi connectivity index (χ2n) is 4.60. The third kappa shape index (κ3) is 3.92. The quantitative estimate of drug-likeness (QED) is 0.862. The lowest BCUT2D eigenvalue weighted by atomic mass is 10.0. The van der Waals surface area contributed by atoms with Gasteiger partial charge in [0, 0.05) is 25.3 Å². The average molecular weight is 269 g/mol. The van der Waals surface area contributed by atoms with E-state index in [1.807, 2.05) is 0 Å². The molecular weight excluding hydrogens is 249 g/mol. The molecule has 0 saturated heterocycles. The lowest BCUT2D eigenvalue weighted by Gasteiger charge is -2.33. The summed E-state index contributed by atoms with van der Waals surface area (Å²) in [4.78, 5) is 12.7. The molecule has 1 amide bonds. The molecule has 0 saturated carbocycles. The zero-order valence-electron chi connectivity index (χ0n) is 11.5. The molecule has 1 aromatic rings. The van der Waals surface area contributed by atoms with Gasteiger partial charge in [-0.05, 0) is 26.3 Å². The normalized spacial score (nSPS) is 12.5. The molecule has 0 aromatic heterocycles. The van der Waals surface area contributed by atoms with Gasteiger partial charge in [-0.15, -0.1) is 0 Å². The predicted octanol–water partition coefficient (Wildman–Crippen LogP) is 3.29. The molecule has 0 spiro atoms. The first-order valence-corrected chi connectivity index (χ1v) is 6.23. The van der Waals surface area contributed by atoms with Gasteiger partial charge in [0.1, 0.15) is 5.82 Å². The first kappa shape index (κ1) is 15.4. The van der Waals surface area contributed by atoms with Crippen LogP contribution in [0.2, 0.25) is 0 Å². The Bertz CT molecular complexity index is 423. The number of methoxy groups -OCH3 is 1. The zero-order chi connectivity index (χ0) is 14.4. The van der Waals surface area contributed by atoms with Gasteiger partial charge >= 0.3 is 6.09 Å². The molecule has 1 N–H and O–H groups in total. The predicted molar refractivity (Wildman–Crippen MR) is 70.6 cm³/mol. The second-order valence-corrected chi connectivity index (χ2v) is 4.60. The monoisotopic (exact) mass is 269 g/mol. The summed E-state index contributed by atoms with van der Waals surface area (Å²) < 4.78 is 18.9. The third-order valence-electron chi connectivity index (χ3n) is 2.97. The Morgan fingerprint density at radius 2 is 2.05 bits per heavy atom. The first-order chi connectivity index (χ1) is 8.99. The molecular formula is C14H20FNO3. The van der Waals surface area contributed by atoms with Gasteiger partial charge in [-0.25, -0.2) is 9.18 Å². The van der Waals surface area contributed by atoms with Crippen molar-refractivity contribution in [1.82, 2.24) is 4.90 Å². The highest BCUT2D eigenvalue weighted by molar-refractivity contribution is 5.66. The molecule has 1 atom stereocenters. The van der Waals surface area contributed by atoms with E-state index in [0.29, 0.717) is 18.6 Å². The highest BCUT2D eigenvalue weighted by Crippen LogP contribution is 2.28. The number of carbonyl (C=O) groups is 1. The minimum atomic E-state index is -1.06. The van der Waals surface area contributed by atoms with Gasteiger partial charge in [-0.2, -0.15) is 0 Å². The summed E-state index contributed by atoms with van der Waals surface area (Å²) in [6, 6.07) is 5.48. The molecule has 1 rings (SSSR count). The molecule has 5 heteroatoms. The number of hydrogen-bond donors (Lipinski definition) is 1. The minimum absolute atomic E-state index is 0.237. The Hall–Kier alpha value is -1.62. The van der Waals surface area contributed by atoms with Crippen molar-refractivity contribution in [2.45, 2.75) is 32.4 Å². The van der Waals surface area contributed by atoms with Crippen molar-refractivity contribution >= 4 is 6.09 Å². The van der Waals surface area contributed by atoms with Gasteiger partial charge in [0.25, 0.3) is 0 Å². The standard InChI is InChI=1S/C14H20FNO3/c1-10(2)16(14(17)18)13(8-9-19-3)11-6-4-5-7-12(11)15/h4-7,10,13H,8-9H2,1-3H3,(H,17,18)/t13-/m0/s1. The Morgan fingerprint density at radius 3 is 2.53 bits per heavy atom. The SMILES string of the molecule is COCC[C@@H](c1ccccc1F)N(C(=O)O)C(C)C. The minimum Gasteiger partial charge on any atom is -0.465 e. The first-order valence-electron chi connectivity index (χ1n) is 6.23. The topological polar surface area (TPSA) is 49.8 Å². The maximum Gasteiger partial charge on any atom is 0.408 e. The van der Waals surface area contributed by atoms with Crippen LogP contribution in [0.25, 0.3) is 0 Å². The second kappa shape index (κ2) is 7.09. The number of ether oxygens (including phenoxy) is 1. The van der Waals surface area contributed by atoms with E-state index >= 15 is 0 Å². The van der Waals surface area contributed by atoms with Crippen LogP contribution in [-0.2, 0) is 4.74 Å². The van der Waals surface area contributed by atoms with Crippen LogP contribution in [0.3, 0.4) is 0 Å². The molecule has 0 fully saturated rings. The number of hydrogen-bond acceptors (Lipinski definition) is 2. The number of benzene rings is 1. The van der Waals surface area contributed by atoms with E-state index in [4.69, 9.17) is 4.74 Å². The van der Waals surface area contributed by atoms with Crippen LogP contribution in [0.1, 0.15) is 31.9 Å². The Labute approximate surface area is 112 Å². The van der Waals surface area contributed by atoms with Crippen molar-refractivity contribution < 1.29 is 19.0 Å². The summed E-state index contributed by atoms with van der Waals surface area (Å²) in [5, 5.41) is 9.33. The van der Waals surface area contributed by atoms with Gasteiger partial charge in [0.05, 0.1) is 6.04 Å². The summed E-state index contributed by atoms with van der Waals surface area (Å²) in [6.07, 6.45) is -0.638. The maximum absolute atomic E-state index is 13.9. The van der Waals surface area contributed by atoms with Gasteiger partial charge < -0.3 is 9.84 Å². The number of carboxylic acid groups (broad SMARTS) is 1. The van der Waals surface area contributed by atoms with E-state index in [1.165, 1.54) is 11.0 Å². The molecule has 1 aromatic carbocycles. The fraction of sp³-hybridized carbons (Fsp3) is 0.500. The third-order valence-corrected chi connectivity index (χ3v) is 2.97. The Morgan fingerprint density at radius 1 is 1.42 bits per heavy atom.